The fourth-order valence-electron chi connectivity index (χ4n) is 3.46. The first kappa shape index (κ1) is 20.9. The largest absolute Gasteiger partial charge is 0.350 e. The predicted octanol–water partition coefficient (Wildman–Crippen LogP) is 5.91. The number of imide groups is 1. The van der Waals surface area contributed by atoms with Crippen molar-refractivity contribution in [3.63, 3.8) is 0 Å². The Hall–Kier alpha value is -3.31. The molecule has 0 bridgehead atoms. The van der Waals surface area contributed by atoms with Crippen LogP contribution in [-0.2, 0) is 9.59 Å². The lowest BCUT2D eigenvalue weighted by atomic mass is 10.1. The Kier molecular flexibility index (Phi) is 5.70. The van der Waals surface area contributed by atoms with E-state index in [1.165, 1.54) is 16.7 Å². The minimum atomic E-state index is -0.344. The van der Waals surface area contributed by atoms with Gasteiger partial charge in [-0.05, 0) is 63.6 Å². The van der Waals surface area contributed by atoms with E-state index >= 15 is 0 Å². The second-order valence-electron chi connectivity index (χ2n) is 7.84. The van der Waals surface area contributed by atoms with E-state index in [-0.39, 0.29) is 11.8 Å². The van der Waals surface area contributed by atoms with Gasteiger partial charge in [-0.25, -0.2) is 4.90 Å². The molecule has 3 aromatic carbocycles. The number of amides is 2. The first-order valence-electron chi connectivity index (χ1n) is 10.1. The van der Waals surface area contributed by atoms with Crippen LogP contribution >= 0.6 is 11.8 Å². The number of carbonyl (C=O) groups is 2. The molecule has 0 aliphatic carbocycles. The number of rotatable bonds is 5. The number of hydrogen-bond donors (Lipinski definition) is 1. The fourth-order valence-corrected chi connectivity index (χ4v) is 4.38. The molecule has 0 saturated carbocycles. The van der Waals surface area contributed by atoms with Gasteiger partial charge in [0, 0.05) is 10.6 Å². The molecule has 1 heterocycles. The average molecular weight is 429 g/mol. The van der Waals surface area contributed by atoms with E-state index in [9.17, 15) is 9.59 Å². The molecule has 0 saturated heterocycles. The molecule has 156 valence electrons. The van der Waals surface area contributed by atoms with Gasteiger partial charge in [0.15, 0.2) is 0 Å². The Bertz CT molecular complexity index is 1200. The van der Waals surface area contributed by atoms with Gasteiger partial charge in [-0.3, -0.25) is 9.59 Å². The van der Waals surface area contributed by atoms with Crippen LogP contribution in [0.3, 0.4) is 0 Å². The molecule has 0 aromatic heterocycles. The molecule has 4 nitrogen and oxygen atoms in total. The van der Waals surface area contributed by atoms with E-state index < -0.39 is 0 Å². The zero-order chi connectivity index (χ0) is 22.1. The quantitative estimate of drug-likeness (QED) is 0.513. The number of aryl methyl sites for hydroxylation is 4. The van der Waals surface area contributed by atoms with E-state index in [4.69, 9.17) is 0 Å². The maximum absolute atomic E-state index is 13.4. The summed E-state index contributed by atoms with van der Waals surface area (Å²) >= 11 is 1.31. The van der Waals surface area contributed by atoms with E-state index in [0.717, 1.165) is 32.8 Å². The van der Waals surface area contributed by atoms with E-state index in [1.807, 2.05) is 76.2 Å². The minimum absolute atomic E-state index is 0.308. The second kappa shape index (κ2) is 8.44. The lowest BCUT2D eigenvalue weighted by Crippen LogP contribution is -2.32. The van der Waals surface area contributed by atoms with Crippen molar-refractivity contribution >= 4 is 35.0 Å². The summed E-state index contributed by atoms with van der Waals surface area (Å²) in [5.41, 5.74) is 6.06. The predicted molar refractivity (Wildman–Crippen MR) is 127 cm³/mol. The molecule has 1 N–H and O–H groups in total. The van der Waals surface area contributed by atoms with E-state index in [1.54, 1.807) is 12.1 Å². The van der Waals surface area contributed by atoms with Crippen LogP contribution in [0.5, 0.6) is 0 Å². The molecule has 0 radical (unpaired) electrons. The highest BCUT2D eigenvalue weighted by Crippen LogP contribution is 2.38. The second-order valence-corrected chi connectivity index (χ2v) is 8.93. The first-order valence-corrected chi connectivity index (χ1v) is 10.9. The standard InChI is InChI=1S/C26H24N2O2S/c1-16-5-10-20(11-6-16)28-25(29)23(27-22-14-9-18(3)15-19(22)4)24(26(28)30)31-21-12-7-17(2)8-13-21/h5-15,27H,1-4H3. The van der Waals surface area contributed by atoms with Crippen molar-refractivity contribution in [3.8, 4) is 0 Å². The minimum Gasteiger partial charge on any atom is -0.350 e. The van der Waals surface area contributed by atoms with Gasteiger partial charge in [0.2, 0.25) is 0 Å². The fraction of sp³-hybridized carbons (Fsp3) is 0.154. The highest BCUT2D eigenvalue weighted by Gasteiger charge is 2.40. The van der Waals surface area contributed by atoms with E-state index in [0.29, 0.717) is 16.3 Å². The summed E-state index contributed by atoms with van der Waals surface area (Å²) in [6, 6.07) is 21.3. The number of anilines is 2. The molecule has 4 rings (SSSR count). The molecule has 31 heavy (non-hydrogen) atoms. The third-order valence-corrected chi connectivity index (χ3v) is 6.31. The van der Waals surface area contributed by atoms with Crippen molar-refractivity contribution < 1.29 is 9.59 Å². The van der Waals surface area contributed by atoms with Gasteiger partial charge in [-0.15, -0.1) is 0 Å². The van der Waals surface area contributed by atoms with Crippen molar-refractivity contribution in [1.82, 2.24) is 0 Å². The molecular weight excluding hydrogens is 404 g/mol. The monoisotopic (exact) mass is 428 g/mol. The molecule has 2 amide bonds. The molecule has 0 unspecified atom stereocenters. The SMILES string of the molecule is Cc1ccc(SC2=C(Nc3ccc(C)cc3C)C(=O)N(c3ccc(C)cc3)C2=O)cc1. The van der Waals surface area contributed by atoms with Crippen LogP contribution < -0.4 is 10.2 Å². The number of carbonyl (C=O) groups excluding carboxylic acids is 2. The van der Waals surface area contributed by atoms with Crippen LogP contribution in [0.15, 0.2) is 82.2 Å². The smallest absolute Gasteiger partial charge is 0.283 e. The molecule has 0 fully saturated rings. The number of hydrogen-bond acceptors (Lipinski definition) is 4. The highest BCUT2D eigenvalue weighted by atomic mass is 32.2. The number of nitrogens with zero attached hydrogens (tertiary/aromatic N) is 1. The maximum atomic E-state index is 13.4. The molecule has 0 atom stereocenters. The van der Waals surface area contributed by atoms with Gasteiger partial charge in [0.05, 0.1) is 5.69 Å². The summed E-state index contributed by atoms with van der Waals surface area (Å²) in [6.45, 7) is 8.01. The summed E-state index contributed by atoms with van der Waals surface area (Å²) in [7, 11) is 0. The number of thioether (sulfide) groups is 1. The summed E-state index contributed by atoms with van der Waals surface area (Å²) in [5.74, 6) is -0.657. The van der Waals surface area contributed by atoms with Gasteiger partial charge in [-0.1, -0.05) is 64.9 Å². The topological polar surface area (TPSA) is 49.4 Å². The molecule has 3 aromatic rings. The van der Waals surface area contributed by atoms with Gasteiger partial charge >= 0.3 is 0 Å². The lowest BCUT2D eigenvalue weighted by molar-refractivity contribution is -0.120. The van der Waals surface area contributed by atoms with Crippen molar-refractivity contribution in [2.45, 2.75) is 32.6 Å². The highest BCUT2D eigenvalue weighted by molar-refractivity contribution is 8.04. The van der Waals surface area contributed by atoms with Crippen LogP contribution in [0.25, 0.3) is 0 Å². The number of benzene rings is 3. The Morgan fingerprint density at radius 1 is 0.710 bits per heavy atom. The Labute approximate surface area is 187 Å². The summed E-state index contributed by atoms with van der Waals surface area (Å²) in [5, 5.41) is 3.26. The van der Waals surface area contributed by atoms with Crippen LogP contribution in [0.1, 0.15) is 22.3 Å². The lowest BCUT2D eigenvalue weighted by Gasteiger charge is -2.16. The van der Waals surface area contributed by atoms with Crippen LogP contribution in [0.4, 0.5) is 11.4 Å². The van der Waals surface area contributed by atoms with Gasteiger partial charge in [0.25, 0.3) is 11.8 Å². The van der Waals surface area contributed by atoms with Crippen molar-refractivity contribution in [3.05, 3.63) is 99.6 Å². The van der Waals surface area contributed by atoms with Gasteiger partial charge in [0.1, 0.15) is 10.6 Å². The molecule has 1 aliphatic heterocycles. The van der Waals surface area contributed by atoms with Crippen molar-refractivity contribution in [2.24, 2.45) is 0 Å². The normalized spacial score (nSPS) is 13.9. The summed E-state index contributed by atoms with van der Waals surface area (Å²) in [4.78, 5) is 29.4. The zero-order valence-corrected chi connectivity index (χ0v) is 18.8. The first-order chi connectivity index (χ1) is 14.8. The van der Waals surface area contributed by atoms with Crippen LogP contribution in [0, 0.1) is 27.7 Å². The van der Waals surface area contributed by atoms with Gasteiger partial charge in [-0.2, -0.15) is 0 Å². The van der Waals surface area contributed by atoms with Gasteiger partial charge < -0.3 is 5.32 Å². The van der Waals surface area contributed by atoms with Crippen LogP contribution in [-0.4, -0.2) is 11.8 Å². The Morgan fingerprint density at radius 2 is 1.29 bits per heavy atom. The zero-order valence-electron chi connectivity index (χ0n) is 18.0. The molecular formula is C26H24N2O2S. The molecule has 0 spiro atoms. The third kappa shape index (κ3) is 4.28. The Balaban J connectivity index is 1.75. The maximum Gasteiger partial charge on any atom is 0.283 e. The summed E-state index contributed by atoms with van der Waals surface area (Å²) in [6.07, 6.45) is 0. The van der Waals surface area contributed by atoms with Crippen molar-refractivity contribution in [1.29, 1.82) is 0 Å². The molecule has 5 heteroatoms. The number of nitrogens with one attached hydrogen (secondary N) is 1. The van der Waals surface area contributed by atoms with Crippen molar-refractivity contribution in [2.75, 3.05) is 10.2 Å². The molecule has 1 aliphatic rings. The Morgan fingerprint density at radius 3 is 1.90 bits per heavy atom. The van der Waals surface area contributed by atoms with Crippen LogP contribution in [0.2, 0.25) is 0 Å². The summed E-state index contributed by atoms with van der Waals surface area (Å²) < 4.78 is 0. The third-order valence-electron chi connectivity index (χ3n) is 5.22. The van der Waals surface area contributed by atoms with E-state index in [2.05, 4.69) is 11.4 Å². The average Bonchev–Trinajstić information content (AvgIpc) is 2.96.